The maximum Gasteiger partial charge on any atom is 0.433 e. The Morgan fingerprint density at radius 3 is 2.55 bits per heavy atom. The van der Waals surface area contributed by atoms with E-state index in [0.717, 1.165) is 43.2 Å². The molecule has 4 heterocycles. The first kappa shape index (κ1) is 24.6. The second-order valence-electron chi connectivity index (χ2n) is 9.93. The number of pyridine rings is 1. The van der Waals surface area contributed by atoms with Crippen molar-refractivity contribution in [3.8, 4) is 17.4 Å². The lowest BCUT2D eigenvalue weighted by atomic mass is 9.78. The van der Waals surface area contributed by atoms with E-state index in [-0.39, 0.29) is 24.1 Å². The highest BCUT2D eigenvalue weighted by Gasteiger charge is 2.47. The van der Waals surface area contributed by atoms with E-state index >= 15 is 0 Å². The van der Waals surface area contributed by atoms with Gasteiger partial charge < -0.3 is 14.4 Å². The number of hydrogen-bond acceptors (Lipinski definition) is 6. The highest BCUT2D eigenvalue weighted by Crippen LogP contribution is 2.45. The topological polar surface area (TPSA) is 69.5 Å². The molecule has 6 rings (SSSR count). The molecule has 7 nitrogen and oxygen atoms in total. The summed E-state index contributed by atoms with van der Waals surface area (Å²) in [5.41, 5.74) is -1.60. The van der Waals surface area contributed by atoms with Gasteiger partial charge in [0, 0.05) is 31.4 Å². The fraction of sp³-hybridized carbons (Fsp3) is 0.423. The van der Waals surface area contributed by atoms with Gasteiger partial charge >= 0.3 is 11.9 Å². The molecule has 0 radical (unpaired) electrons. The van der Waals surface area contributed by atoms with E-state index in [9.17, 15) is 26.7 Å². The van der Waals surface area contributed by atoms with Crippen LogP contribution in [0.2, 0.25) is 0 Å². The number of rotatable bonds is 5. The van der Waals surface area contributed by atoms with Gasteiger partial charge in [-0.25, -0.2) is 13.6 Å². The third kappa shape index (κ3) is 4.45. The Kier molecular flexibility index (Phi) is 5.99. The number of halogens is 5. The van der Waals surface area contributed by atoms with Crippen LogP contribution >= 0.6 is 0 Å². The molecule has 12 heteroatoms. The lowest BCUT2D eigenvalue weighted by Crippen LogP contribution is -2.30. The molecule has 2 fully saturated rings. The second-order valence-corrected chi connectivity index (χ2v) is 9.93. The standard InChI is InChI=1S/C26H23F5N4O3/c27-18-7-14(8-19(28)24(18)38-16-5-6-32-21(9-16)26(29,30)31)13-37-22-10-23-34-11-15-3-1-2-4-17(15)20(34)12-35(23)25(36)33-22/h5-10,15,17,20H,1-4,11-13H2. The molecule has 0 bridgehead atoms. The number of nitrogens with zero attached hydrogens (tertiary/aromatic N) is 4. The number of hydrogen-bond donors (Lipinski definition) is 0. The van der Waals surface area contributed by atoms with Crippen molar-refractivity contribution in [3.63, 3.8) is 0 Å². The average Bonchev–Trinajstić information content (AvgIpc) is 3.42. The number of benzene rings is 1. The van der Waals surface area contributed by atoms with E-state index < -0.39 is 40.7 Å². The molecule has 3 aromatic rings. The number of alkyl halides is 3. The van der Waals surface area contributed by atoms with Crippen molar-refractivity contribution in [1.29, 1.82) is 0 Å². The minimum absolute atomic E-state index is 0.0504. The molecule has 2 aromatic heterocycles. The van der Waals surface area contributed by atoms with Gasteiger partial charge in [-0.15, -0.1) is 0 Å². The number of anilines is 1. The first-order valence-electron chi connectivity index (χ1n) is 12.4. The number of aromatic nitrogens is 3. The monoisotopic (exact) mass is 534 g/mol. The quantitative estimate of drug-likeness (QED) is 0.413. The molecule has 1 saturated carbocycles. The zero-order chi connectivity index (χ0) is 26.6. The van der Waals surface area contributed by atoms with Crippen molar-refractivity contribution in [2.45, 2.75) is 51.1 Å². The number of ether oxygens (including phenoxy) is 2. The Labute approximate surface area is 213 Å². The summed E-state index contributed by atoms with van der Waals surface area (Å²) in [4.78, 5) is 22.1. The van der Waals surface area contributed by atoms with Crippen molar-refractivity contribution in [3.05, 3.63) is 69.9 Å². The van der Waals surface area contributed by atoms with Crippen molar-refractivity contribution in [1.82, 2.24) is 14.5 Å². The molecule has 1 aliphatic carbocycles. The first-order chi connectivity index (χ1) is 18.2. The molecule has 1 saturated heterocycles. The SMILES string of the molecule is O=c1nc(OCc2cc(F)c(Oc3ccnc(C(F)(F)F)c3)c(F)c2)cc2n1CC1C3CCCCC3CN21. The molecule has 1 aromatic carbocycles. The molecule has 38 heavy (non-hydrogen) atoms. The molecule has 0 amide bonds. The van der Waals surface area contributed by atoms with E-state index in [0.29, 0.717) is 24.4 Å². The Morgan fingerprint density at radius 2 is 1.79 bits per heavy atom. The zero-order valence-corrected chi connectivity index (χ0v) is 20.0. The van der Waals surface area contributed by atoms with Gasteiger partial charge in [0.05, 0.1) is 6.04 Å². The molecule has 200 valence electrons. The molecule has 3 aliphatic rings. The van der Waals surface area contributed by atoms with Crippen LogP contribution in [0.4, 0.5) is 27.8 Å². The minimum atomic E-state index is -4.74. The van der Waals surface area contributed by atoms with Crippen LogP contribution in [0.25, 0.3) is 0 Å². The van der Waals surface area contributed by atoms with Gasteiger partial charge in [0.2, 0.25) is 5.88 Å². The Morgan fingerprint density at radius 1 is 1.03 bits per heavy atom. The molecule has 0 N–H and O–H groups in total. The van der Waals surface area contributed by atoms with Crippen LogP contribution in [-0.4, -0.2) is 27.1 Å². The van der Waals surface area contributed by atoms with Gasteiger partial charge in [-0.1, -0.05) is 12.8 Å². The molecule has 0 spiro atoms. The van der Waals surface area contributed by atoms with Gasteiger partial charge in [0.1, 0.15) is 23.9 Å². The van der Waals surface area contributed by atoms with Crippen LogP contribution < -0.4 is 20.1 Å². The summed E-state index contributed by atoms with van der Waals surface area (Å²) in [7, 11) is 0. The van der Waals surface area contributed by atoms with E-state index in [4.69, 9.17) is 9.47 Å². The fourth-order valence-electron chi connectivity index (χ4n) is 5.93. The Hall–Kier alpha value is -3.70. The molecule has 3 unspecified atom stereocenters. The van der Waals surface area contributed by atoms with Gasteiger partial charge in [0.25, 0.3) is 0 Å². The minimum Gasteiger partial charge on any atom is -0.473 e. The normalized spacial score (nSPS) is 22.1. The van der Waals surface area contributed by atoms with Crippen molar-refractivity contribution >= 4 is 5.82 Å². The van der Waals surface area contributed by atoms with E-state index in [1.165, 1.54) is 19.3 Å². The lowest BCUT2D eigenvalue weighted by molar-refractivity contribution is -0.141. The van der Waals surface area contributed by atoms with Crippen LogP contribution in [-0.2, 0) is 19.3 Å². The van der Waals surface area contributed by atoms with Crippen LogP contribution in [0.1, 0.15) is 36.9 Å². The predicted octanol–water partition coefficient (Wildman–Crippen LogP) is 5.32. The van der Waals surface area contributed by atoms with Crippen LogP contribution in [0, 0.1) is 23.5 Å². The Bertz CT molecular complexity index is 1420. The van der Waals surface area contributed by atoms with Gasteiger partial charge in [-0.2, -0.15) is 18.2 Å². The summed E-state index contributed by atoms with van der Waals surface area (Å²) >= 11 is 0. The fourth-order valence-corrected chi connectivity index (χ4v) is 5.93. The summed E-state index contributed by atoms with van der Waals surface area (Å²) in [5, 5.41) is 0. The second kappa shape index (κ2) is 9.25. The van der Waals surface area contributed by atoms with E-state index in [1.54, 1.807) is 10.6 Å². The molecule has 2 aliphatic heterocycles. The van der Waals surface area contributed by atoms with Crippen molar-refractivity contribution in [2.75, 3.05) is 11.4 Å². The third-order valence-corrected chi connectivity index (χ3v) is 7.61. The van der Waals surface area contributed by atoms with E-state index in [1.807, 2.05) is 0 Å². The highest BCUT2D eigenvalue weighted by molar-refractivity contribution is 5.49. The summed E-state index contributed by atoms with van der Waals surface area (Å²) in [5.74, 6) is -1.55. The molecule has 3 atom stereocenters. The summed E-state index contributed by atoms with van der Waals surface area (Å²) in [6.07, 6.45) is 0.885. The van der Waals surface area contributed by atoms with Gasteiger partial charge in [-0.3, -0.25) is 9.55 Å². The summed E-state index contributed by atoms with van der Waals surface area (Å²) < 4.78 is 80.2. The predicted molar refractivity (Wildman–Crippen MR) is 125 cm³/mol. The maximum absolute atomic E-state index is 14.7. The lowest BCUT2D eigenvalue weighted by Gasteiger charge is -2.26. The molecular weight excluding hydrogens is 511 g/mol. The van der Waals surface area contributed by atoms with Crippen LogP contribution in [0.3, 0.4) is 0 Å². The van der Waals surface area contributed by atoms with Crippen LogP contribution in [0.15, 0.2) is 41.3 Å². The zero-order valence-electron chi connectivity index (χ0n) is 20.0. The third-order valence-electron chi connectivity index (χ3n) is 7.61. The van der Waals surface area contributed by atoms with Gasteiger partial charge in [0.15, 0.2) is 17.4 Å². The average molecular weight is 534 g/mol. The first-order valence-corrected chi connectivity index (χ1v) is 12.4. The van der Waals surface area contributed by atoms with E-state index in [2.05, 4.69) is 14.9 Å². The summed E-state index contributed by atoms with van der Waals surface area (Å²) in [6.45, 7) is 1.20. The van der Waals surface area contributed by atoms with Gasteiger partial charge in [-0.05, 0) is 48.4 Å². The number of fused-ring (bicyclic) bond motifs is 5. The smallest absolute Gasteiger partial charge is 0.433 e. The maximum atomic E-state index is 14.7. The summed E-state index contributed by atoms with van der Waals surface area (Å²) in [6, 6.07) is 5.46. The highest BCUT2D eigenvalue weighted by atomic mass is 19.4. The Balaban J connectivity index is 1.17. The molecular formula is C26H23F5N4O3. The van der Waals surface area contributed by atoms with Crippen molar-refractivity contribution in [2.24, 2.45) is 11.8 Å². The largest absolute Gasteiger partial charge is 0.473 e. The van der Waals surface area contributed by atoms with Crippen molar-refractivity contribution < 1.29 is 31.4 Å². The van der Waals surface area contributed by atoms with Crippen LogP contribution in [0.5, 0.6) is 17.4 Å².